The van der Waals surface area contributed by atoms with Gasteiger partial charge in [-0.2, -0.15) is 0 Å². The average molecular weight is 274 g/mol. The van der Waals surface area contributed by atoms with Gasteiger partial charge < -0.3 is 5.11 Å². The molecule has 1 aliphatic carbocycles. The molecule has 1 saturated carbocycles. The van der Waals surface area contributed by atoms with E-state index in [-0.39, 0.29) is 5.91 Å². The molecule has 3 rings (SSSR count). The van der Waals surface area contributed by atoms with E-state index in [1.807, 2.05) is 24.3 Å². The van der Waals surface area contributed by atoms with Gasteiger partial charge in [-0.15, -0.1) is 0 Å². The summed E-state index contributed by atoms with van der Waals surface area (Å²) in [6.07, 6.45) is 3.78. The molecule has 0 unspecified atom stereocenters. The molecule has 2 fully saturated rings. The van der Waals surface area contributed by atoms with Crippen molar-refractivity contribution in [3.05, 3.63) is 29.8 Å². The molecule has 1 saturated heterocycles. The van der Waals surface area contributed by atoms with Crippen molar-refractivity contribution >= 4 is 17.6 Å². The SMILES string of the molecule is O=C1CCN(c2cccc(C3(C(=O)O)CCCC3)c2)N1. The zero-order valence-electron chi connectivity index (χ0n) is 11.3. The van der Waals surface area contributed by atoms with E-state index in [9.17, 15) is 14.7 Å². The van der Waals surface area contributed by atoms with Crippen LogP contribution in [0.15, 0.2) is 24.3 Å². The number of hydrazine groups is 1. The number of carbonyl (C=O) groups excluding carboxylic acids is 1. The third-order valence-corrected chi connectivity index (χ3v) is 4.40. The first kappa shape index (κ1) is 13.0. The number of nitrogens with one attached hydrogen (secondary N) is 1. The van der Waals surface area contributed by atoms with Crippen molar-refractivity contribution in [1.82, 2.24) is 5.43 Å². The second kappa shape index (κ2) is 4.81. The van der Waals surface area contributed by atoms with E-state index in [4.69, 9.17) is 0 Å². The second-order valence-corrected chi connectivity index (χ2v) is 5.58. The first-order valence-electron chi connectivity index (χ1n) is 7.03. The van der Waals surface area contributed by atoms with Gasteiger partial charge in [-0.3, -0.25) is 20.0 Å². The number of amides is 1. The Morgan fingerprint density at radius 1 is 1.30 bits per heavy atom. The van der Waals surface area contributed by atoms with Gasteiger partial charge in [-0.05, 0) is 30.5 Å². The summed E-state index contributed by atoms with van der Waals surface area (Å²) in [6.45, 7) is 0.627. The molecular weight excluding hydrogens is 256 g/mol. The fourth-order valence-corrected chi connectivity index (χ4v) is 3.25. The smallest absolute Gasteiger partial charge is 0.314 e. The largest absolute Gasteiger partial charge is 0.481 e. The van der Waals surface area contributed by atoms with Crippen molar-refractivity contribution in [2.24, 2.45) is 0 Å². The molecule has 1 aromatic carbocycles. The Balaban J connectivity index is 1.94. The fourth-order valence-electron chi connectivity index (χ4n) is 3.25. The monoisotopic (exact) mass is 274 g/mol. The summed E-state index contributed by atoms with van der Waals surface area (Å²) in [5.41, 5.74) is 3.74. The van der Waals surface area contributed by atoms with E-state index in [0.29, 0.717) is 25.8 Å². The Morgan fingerprint density at radius 2 is 2.05 bits per heavy atom. The molecule has 5 nitrogen and oxygen atoms in total. The molecule has 5 heteroatoms. The summed E-state index contributed by atoms with van der Waals surface area (Å²) in [5, 5.41) is 11.4. The van der Waals surface area contributed by atoms with Crippen LogP contribution >= 0.6 is 0 Å². The molecule has 0 radical (unpaired) electrons. The minimum absolute atomic E-state index is 0.00390. The maximum Gasteiger partial charge on any atom is 0.314 e. The van der Waals surface area contributed by atoms with E-state index in [1.165, 1.54) is 0 Å². The van der Waals surface area contributed by atoms with Crippen LogP contribution in [0, 0.1) is 0 Å². The van der Waals surface area contributed by atoms with E-state index in [0.717, 1.165) is 24.1 Å². The molecule has 2 aliphatic rings. The lowest BCUT2D eigenvalue weighted by molar-refractivity contribution is -0.143. The molecule has 20 heavy (non-hydrogen) atoms. The lowest BCUT2D eigenvalue weighted by atomic mass is 9.79. The number of benzene rings is 1. The molecule has 0 spiro atoms. The summed E-state index contributed by atoms with van der Waals surface area (Å²) in [6, 6.07) is 7.57. The molecule has 0 aromatic heterocycles. The zero-order valence-corrected chi connectivity index (χ0v) is 11.3. The van der Waals surface area contributed by atoms with Gasteiger partial charge in [0.15, 0.2) is 0 Å². The van der Waals surface area contributed by atoms with E-state index in [1.54, 1.807) is 5.01 Å². The molecule has 1 amide bonds. The van der Waals surface area contributed by atoms with Crippen LogP contribution in [0.3, 0.4) is 0 Å². The summed E-state index contributed by atoms with van der Waals surface area (Å²) < 4.78 is 0. The van der Waals surface area contributed by atoms with Gasteiger partial charge in [0.2, 0.25) is 5.91 Å². The Labute approximate surface area is 117 Å². The van der Waals surface area contributed by atoms with Crippen LogP contribution in [0.5, 0.6) is 0 Å². The first-order chi connectivity index (χ1) is 9.62. The van der Waals surface area contributed by atoms with Gasteiger partial charge in [-0.25, -0.2) is 0 Å². The molecule has 0 bridgehead atoms. The van der Waals surface area contributed by atoms with Crippen molar-refractivity contribution in [3.63, 3.8) is 0 Å². The highest BCUT2D eigenvalue weighted by atomic mass is 16.4. The molecular formula is C15H18N2O3. The van der Waals surface area contributed by atoms with Crippen molar-refractivity contribution in [1.29, 1.82) is 0 Å². The Morgan fingerprint density at radius 3 is 2.65 bits per heavy atom. The molecule has 1 aromatic rings. The highest BCUT2D eigenvalue weighted by molar-refractivity contribution is 5.83. The number of anilines is 1. The lowest BCUT2D eigenvalue weighted by Crippen LogP contribution is -2.35. The van der Waals surface area contributed by atoms with Crippen LogP contribution in [0.4, 0.5) is 5.69 Å². The van der Waals surface area contributed by atoms with Crippen molar-refractivity contribution in [3.8, 4) is 0 Å². The van der Waals surface area contributed by atoms with Crippen LogP contribution in [-0.4, -0.2) is 23.5 Å². The molecule has 2 N–H and O–H groups in total. The van der Waals surface area contributed by atoms with Gasteiger partial charge in [0, 0.05) is 13.0 Å². The van der Waals surface area contributed by atoms with Crippen molar-refractivity contribution in [2.75, 3.05) is 11.6 Å². The van der Waals surface area contributed by atoms with Gasteiger partial charge in [0.1, 0.15) is 0 Å². The predicted molar refractivity (Wildman–Crippen MR) is 74.3 cm³/mol. The van der Waals surface area contributed by atoms with Crippen LogP contribution in [0.1, 0.15) is 37.7 Å². The Bertz CT molecular complexity index is 550. The van der Waals surface area contributed by atoms with Crippen LogP contribution in [-0.2, 0) is 15.0 Å². The third-order valence-electron chi connectivity index (χ3n) is 4.40. The lowest BCUT2D eigenvalue weighted by Gasteiger charge is -2.26. The van der Waals surface area contributed by atoms with Gasteiger partial charge in [0.25, 0.3) is 0 Å². The van der Waals surface area contributed by atoms with Crippen molar-refractivity contribution < 1.29 is 14.7 Å². The highest BCUT2D eigenvalue weighted by Crippen LogP contribution is 2.42. The Kier molecular flexibility index (Phi) is 3.12. The fraction of sp³-hybridized carbons (Fsp3) is 0.467. The van der Waals surface area contributed by atoms with Crippen LogP contribution in [0.2, 0.25) is 0 Å². The Hall–Kier alpha value is -2.04. The molecule has 106 valence electrons. The minimum Gasteiger partial charge on any atom is -0.481 e. The maximum atomic E-state index is 11.7. The van der Waals surface area contributed by atoms with E-state index >= 15 is 0 Å². The minimum atomic E-state index is -0.750. The number of rotatable bonds is 3. The average Bonchev–Trinajstić information content (AvgIpc) is 3.08. The normalized spacial score (nSPS) is 21.0. The predicted octanol–water partition coefficient (Wildman–Crippen LogP) is 1.82. The summed E-state index contributed by atoms with van der Waals surface area (Å²) in [4.78, 5) is 23.0. The topological polar surface area (TPSA) is 69.6 Å². The van der Waals surface area contributed by atoms with E-state index < -0.39 is 11.4 Å². The number of aliphatic carboxylic acids is 1. The standard InChI is InChI=1S/C15H18N2O3/c18-13-6-9-17(16-13)12-5-3-4-11(10-12)15(14(19)20)7-1-2-8-15/h3-5,10H,1-2,6-9H2,(H,16,18)(H,19,20). The maximum absolute atomic E-state index is 11.7. The first-order valence-corrected chi connectivity index (χ1v) is 7.03. The second-order valence-electron chi connectivity index (χ2n) is 5.58. The molecule has 0 atom stereocenters. The number of hydrogen-bond donors (Lipinski definition) is 2. The van der Waals surface area contributed by atoms with Gasteiger partial charge in [0.05, 0.1) is 11.1 Å². The van der Waals surface area contributed by atoms with Gasteiger partial charge in [-0.1, -0.05) is 25.0 Å². The highest BCUT2D eigenvalue weighted by Gasteiger charge is 2.43. The molecule has 1 heterocycles. The number of carbonyl (C=O) groups is 2. The van der Waals surface area contributed by atoms with Crippen LogP contribution in [0.25, 0.3) is 0 Å². The zero-order chi connectivity index (χ0) is 14.2. The summed E-state index contributed by atoms with van der Waals surface area (Å²) >= 11 is 0. The summed E-state index contributed by atoms with van der Waals surface area (Å²) in [7, 11) is 0. The number of carboxylic acid groups (broad SMARTS) is 1. The van der Waals surface area contributed by atoms with E-state index in [2.05, 4.69) is 5.43 Å². The number of nitrogens with zero attached hydrogens (tertiary/aromatic N) is 1. The molecule has 1 aliphatic heterocycles. The van der Waals surface area contributed by atoms with Gasteiger partial charge >= 0.3 is 5.97 Å². The number of carboxylic acids is 1. The third kappa shape index (κ3) is 2.03. The number of hydrogen-bond acceptors (Lipinski definition) is 3. The van der Waals surface area contributed by atoms with Crippen LogP contribution < -0.4 is 10.4 Å². The quantitative estimate of drug-likeness (QED) is 0.882. The van der Waals surface area contributed by atoms with Crippen molar-refractivity contribution in [2.45, 2.75) is 37.5 Å². The summed E-state index contributed by atoms with van der Waals surface area (Å²) in [5.74, 6) is -0.734.